The minimum absolute atomic E-state index is 0.0569. The Morgan fingerprint density at radius 2 is 2.19 bits per heavy atom. The van der Waals surface area contributed by atoms with E-state index in [0.717, 1.165) is 0 Å². The van der Waals surface area contributed by atoms with Crippen LogP contribution in [0, 0.1) is 0 Å². The molecule has 2 heterocycles. The van der Waals surface area contributed by atoms with Gasteiger partial charge >= 0.3 is 5.97 Å². The van der Waals surface area contributed by atoms with Crippen LogP contribution < -0.4 is 10.6 Å². The van der Waals surface area contributed by atoms with Gasteiger partial charge in [-0.05, 0) is 19.4 Å². The molecule has 21 heavy (non-hydrogen) atoms. The van der Waals surface area contributed by atoms with Crippen LogP contribution >= 0.6 is 0 Å². The molecule has 0 saturated carbocycles. The second kappa shape index (κ2) is 6.30. The van der Waals surface area contributed by atoms with Crippen LogP contribution in [0.25, 0.3) is 0 Å². The van der Waals surface area contributed by atoms with Gasteiger partial charge in [-0.1, -0.05) is 0 Å². The zero-order chi connectivity index (χ0) is 15.5. The summed E-state index contributed by atoms with van der Waals surface area (Å²) in [5.41, 5.74) is 6.32. The standard InChI is InChI=1S/C13H19N3O4S/c1-2-20-13(17)11-8-10(14)9-15-12(11)16-4-3-6-21(18,19)7-5-16/h8-9H,2-7,14H2,1H3. The van der Waals surface area contributed by atoms with Gasteiger partial charge in [0.15, 0.2) is 9.84 Å². The Kier molecular flexibility index (Phi) is 4.66. The van der Waals surface area contributed by atoms with Gasteiger partial charge in [0.2, 0.25) is 0 Å². The maximum atomic E-state index is 12.0. The van der Waals surface area contributed by atoms with E-state index in [-0.39, 0.29) is 23.7 Å². The number of hydrogen-bond donors (Lipinski definition) is 1. The van der Waals surface area contributed by atoms with E-state index in [2.05, 4.69) is 4.98 Å². The van der Waals surface area contributed by atoms with Crippen LogP contribution in [0.15, 0.2) is 12.3 Å². The van der Waals surface area contributed by atoms with Gasteiger partial charge in [0.25, 0.3) is 0 Å². The number of ether oxygens (including phenoxy) is 1. The Labute approximate surface area is 124 Å². The van der Waals surface area contributed by atoms with Crippen LogP contribution in [0.4, 0.5) is 11.5 Å². The highest BCUT2D eigenvalue weighted by Gasteiger charge is 2.24. The molecule has 0 bridgehead atoms. The number of nitrogens with two attached hydrogens (primary N) is 1. The first-order chi connectivity index (χ1) is 9.93. The highest BCUT2D eigenvalue weighted by Crippen LogP contribution is 2.22. The molecule has 0 amide bonds. The summed E-state index contributed by atoms with van der Waals surface area (Å²) >= 11 is 0. The summed E-state index contributed by atoms with van der Waals surface area (Å²) in [6.07, 6.45) is 1.97. The van der Waals surface area contributed by atoms with Crippen molar-refractivity contribution in [1.29, 1.82) is 0 Å². The van der Waals surface area contributed by atoms with E-state index >= 15 is 0 Å². The Morgan fingerprint density at radius 1 is 1.43 bits per heavy atom. The van der Waals surface area contributed by atoms with Crippen LogP contribution in [0.3, 0.4) is 0 Å². The molecule has 0 aromatic carbocycles. The van der Waals surface area contributed by atoms with Crippen molar-refractivity contribution in [3.63, 3.8) is 0 Å². The zero-order valence-corrected chi connectivity index (χ0v) is 12.7. The van der Waals surface area contributed by atoms with Crippen molar-refractivity contribution in [2.24, 2.45) is 0 Å². The molecule has 116 valence electrons. The van der Waals surface area contributed by atoms with E-state index in [9.17, 15) is 13.2 Å². The molecule has 1 aromatic heterocycles. The van der Waals surface area contributed by atoms with E-state index in [4.69, 9.17) is 10.5 Å². The summed E-state index contributed by atoms with van der Waals surface area (Å²) in [6, 6.07) is 1.51. The van der Waals surface area contributed by atoms with Gasteiger partial charge in [-0.15, -0.1) is 0 Å². The van der Waals surface area contributed by atoms with Crippen molar-refractivity contribution in [3.05, 3.63) is 17.8 Å². The number of nitrogens with zero attached hydrogens (tertiary/aromatic N) is 2. The van der Waals surface area contributed by atoms with Crippen LogP contribution in [-0.2, 0) is 14.6 Å². The Hall–Kier alpha value is -1.83. The molecule has 1 aromatic rings. The molecule has 0 atom stereocenters. The fourth-order valence-electron chi connectivity index (χ4n) is 2.24. The predicted molar refractivity (Wildman–Crippen MR) is 80.1 cm³/mol. The fourth-order valence-corrected chi connectivity index (χ4v) is 3.51. The van der Waals surface area contributed by atoms with Crippen LogP contribution in [0.5, 0.6) is 0 Å². The number of aromatic nitrogens is 1. The maximum Gasteiger partial charge on any atom is 0.341 e. The molecular weight excluding hydrogens is 294 g/mol. The van der Waals surface area contributed by atoms with E-state index in [0.29, 0.717) is 31.0 Å². The second-order valence-corrected chi connectivity index (χ2v) is 7.16. The van der Waals surface area contributed by atoms with E-state index in [1.54, 1.807) is 11.8 Å². The summed E-state index contributed by atoms with van der Waals surface area (Å²) in [5.74, 6) is 0.147. The summed E-state index contributed by atoms with van der Waals surface area (Å²) in [7, 11) is -3.02. The lowest BCUT2D eigenvalue weighted by atomic mass is 10.2. The third-order valence-electron chi connectivity index (χ3n) is 3.24. The average Bonchev–Trinajstić information content (AvgIpc) is 2.60. The minimum Gasteiger partial charge on any atom is -0.462 e. The number of rotatable bonds is 3. The Balaban J connectivity index is 2.32. The zero-order valence-electron chi connectivity index (χ0n) is 11.9. The van der Waals surface area contributed by atoms with Gasteiger partial charge in [0.05, 0.1) is 30.0 Å². The molecule has 7 nitrogen and oxygen atoms in total. The predicted octanol–water partition coefficient (Wildman–Crippen LogP) is 0.465. The third kappa shape index (κ3) is 3.84. The first-order valence-corrected chi connectivity index (χ1v) is 8.63. The summed E-state index contributed by atoms with van der Waals surface area (Å²) in [5, 5.41) is 0. The first-order valence-electron chi connectivity index (χ1n) is 6.81. The van der Waals surface area contributed by atoms with Gasteiger partial charge < -0.3 is 15.4 Å². The monoisotopic (exact) mass is 313 g/mol. The molecule has 2 rings (SSSR count). The minimum atomic E-state index is -3.02. The summed E-state index contributed by atoms with van der Waals surface area (Å²) in [6.45, 7) is 2.81. The molecular formula is C13H19N3O4S. The lowest BCUT2D eigenvalue weighted by Gasteiger charge is -2.23. The molecule has 0 spiro atoms. The SMILES string of the molecule is CCOC(=O)c1cc(N)cnc1N1CCCS(=O)(=O)CC1. The lowest BCUT2D eigenvalue weighted by molar-refractivity contribution is 0.0526. The first kappa shape index (κ1) is 15.6. The normalized spacial score (nSPS) is 18.0. The molecule has 8 heteroatoms. The van der Waals surface area contributed by atoms with Crippen molar-refractivity contribution in [3.8, 4) is 0 Å². The molecule has 0 radical (unpaired) electrons. The average molecular weight is 313 g/mol. The molecule has 1 saturated heterocycles. The van der Waals surface area contributed by atoms with Gasteiger partial charge in [0, 0.05) is 13.1 Å². The fraction of sp³-hybridized carbons (Fsp3) is 0.538. The van der Waals surface area contributed by atoms with E-state index < -0.39 is 15.8 Å². The molecule has 2 N–H and O–H groups in total. The quantitative estimate of drug-likeness (QED) is 0.809. The molecule has 1 fully saturated rings. The molecule has 1 aliphatic heterocycles. The number of anilines is 2. The number of carbonyl (C=O) groups is 1. The second-order valence-electron chi connectivity index (χ2n) is 4.85. The van der Waals surface area contributed by atoms with Crippen molar-refractivity contribution >= 4 is 27.3 Å². The Morgan fingerprint density at radius 3 is 2.90 bits per heavy atom. The topological polar surface area (TPSA) is 103 Å². The van der Waals surface area contributed by atoms with Gasteiger partial charge in [0.1, 0.15) is 11.4 Å². The highest BCUT2D eigenvalue weighted by molar-refractivity contribution is 7.91. The van der Waals surface area contributed by atoms with Gasteiger partial charge in [-0.2, -0.15) is 0 Å². The number of esters is 1. The number of nitrogen functional groups attached to an aromatic ring is 1. The number of sulfone groups is 1. The summed E-state index contributed by atoms with van der Waals surface area (Å²) in [4.78, 5) is 18.0. The molecule has 0 unspecified atom stereocenters. The Bertz CT molecular complexity index is 630. The van der Waals surface area contributed by atoms with Crippen molar-refractivity contribution < 1.29 is 17.9 Å². The van der Waals surface area contributed by atoms with Crippen LogP contribution in [-0.4, -0.2) is 50.6 Å². The molecule has 0 aliphatic carbocycles. The van der Waals surface area contributed by atoms with E-state index in [1.807, 2.05) is 0 Å². The maximum absolute atomic E-state index is 12.0. The molecule has 1 aliphatic rings. The van der Waals surface area contributed by atoms with Crippen molar-refractivity contribution in [2.45, 2.75) is 13.3 Å². The van der Waals surface area contributed by atoms with E-state index in [1.165, 1.54) is 12.3 Å². The van der Waals surface area contributed by atoms with Crippen molar-refractivity contribution in [2.75, 3.05) is 41.8 Å². The van der Waals surface area contributed by atoms with Gasteiger partial charge in [-0.3, -0.25) is 0 Å². The van der Waals surface area contributed by atoms with Crippen LogP contribution in [0.2, 0.25) is 0 Å². The number of hydrogen-bond acceptors (Lipinski definition) is 7. The van der Waals surface area contributed by atoms with Gasteiger partial charge in [-0.25, -0.2) is 18.2 Å². The number of pyridine rings is 1. The largest absolute Gasteiger partial charge is 0.462 e. The number of carbonyl (C=O) groups excluding carboxylic acids is 1. The summed E-state index contributed by atoms with van der Waals surface area (Å²) < 4.78 is 28.3. The smallest absolute Gasteiger partial charge is 0.341 e. The third-order valence-corrected chi connectivity index (χ3v) is 4.95. The van der Waals surface area contributed by atoms with Crippen LogP contribution in [0.1, 0.15) is 23.7 Å². The van der Waals surface area contributed by atoms with Crippen molar-refractivity contribution in [1.82, 2.24) is 4.98 Å². The lowest BCUT2D eigenvalue weighted by Crippen LogP contribution is -2.29. The highest BCUT2D eigenvalue weighted by atomic mass is 32.2.